The number of imidazole rings is 1. The van der Waals surface area contributed by atoms with Gasteiger partial charge in [0.05, 0.1) is 23.7 Å². The Hall–Kier alpha value is -3.84. The van der Waals surface area contributed by atoms with Crippen LogP contribution < -0.4 is 15.6 Å². The maximum absolute atomic E-state index is 12.7. The Kier molecular flexibility index (Phi) is 6.37. The summed E-state index contributed by atoms with van der Waals surface area (Å²) in [6.07, 6.45) is 0.578. The summed E-state index contributed by atoms with van der Waals surface area (Å²) < 4.78 is 7.04. The first-order valence-corrected chi connectivity index (χ1v) is 10.3. The molecule has 1 heterocycles. The van der Waals surface area contributed by atoms with Crippen molar-refractivity contribution in [3.05, 3.63) is 94.8 Å². The van der Waals surface area contributed by atoms with E-state index in [-0.39, 0.29) is 12.1 Å². The molecule has 0 aliphatic carbocycles. The van der Waals surface area contributed by atoms with E-state index in [0.717, 1.165) is 22.4 Å². The van der Waals surface area contributed by atoms with Crippen LogP contribution in [0.1, 0.15) is 21.7 Å². The maximum atomic E-state index is 12.7. The van der Waals surface area contributed by atoms with Crippen LogP contribution in [0.2, 0.25) is 5.02 Å². The van der Waals surface area contributed by atoms with Gasteiger partial charge in [0.1, 0.15) is 18.1 Å². The van der Waals surface area contributed by atoms with Crippen molar-refractivity contribution in [3.8, 4) is 5.75 Å². The Balaban J connectivity index is 1.51. The number of hydrogen-bond donors (Lipinski definition) is 2. The Labute approximate surface area is 190 Å². The average Bonchev–Trinajstić information content (AvgIpc) is 3.15. The van der Waals surface area contributed by atoms with E-state index >= 15 is 0 Å². The molecule has 3 aromatic carbocycles. The quantitative estimate of drug-likeness (QED) is 0.440. The predicted octanol–water partition coefficient (Wildman–Crippen LogP) is 3.75. The zero-order valence-electron chi connectivity index (χ0n) is 17.3. The minimum Gasteiger partial charge on any atom is -0.496 e. The van der Waals surface area contributed by atoms with Gasteiger partial charge in [-0.3, -0.25) is 20.4 Å². The van der Waals surface area contributed by atoms with Gasteiger partial charge in [0.15, 0.2) is 0 Å². The highest BCUT2D eigenvalue weighted by molar-refractivity contribution is 6.31. The number of carbonyl (C=O) groups excluding carboxylic acids is 2. The molecular weight excluding hydrogens is 428 g/mol. The lowest BCUT2D eigenvalue weighted by molar-refractivity contribution is -0.122. The molecule has 4 rings (SSSR count). The van der Waals surface area contributed by atoms with Gasteiger partial charge >= 0.3 is 0 Å². The van der Waals surface area contributed by atoms with E-state index in [9.17, 15) is 9.59 Å². The first kappa shape index (κ1) is 21.4. The summed E-state index contributed by atoms with van der Waals surface area (Å²) in [6.45, 7) is -0.00432. The lowest BCUT2D eigenvalue weighted by Crippen LogP contribution is -2.43. The van der Waals surface area contributed by atoms with Crippen molar-refractivity contribution in [3.63, 3.8) is 0 Å². The second kappa shape index (κ2) is 9.53. The van der Waals surface area contributed by atoms with Gasteiger partial charge in [0, 0.05) is 11.4 Å². The van der Waals surface area contributed by atoms with Crippen LogP contribution in [0.3, 0.4) is 0 Å². The van der Waals surface area contributed by atoms with Crippen molar-refractivity contribution in [2.75, 3.05) is 7.11 Å². The molecule has 0 radical (unpaired) electrons. The maximum Gasteiger partial charge on any atom is 0.273 e. The molecule has 8 heteroatoms. The summed E-state index contributed by atoms with van der Waals surface area (Å²) in [6, 6.07) is 22.2. The van der Waals surface area contributed by atoms with E-state index in [2.05, 4.69) is 10.9 Å². The number of aromatic nitrogens is 2. The van der Waals surface area contributed by atoms with E-state index in [0.29, 0.717) is 17.2 Å². The van der Waals surface area contributed by atoms with Gasteiger partial charge in [-0.15, -0.1) is 0 Å². The number of para-hydroxylation sites is 2. The minimum atomic E-state index is -0.530. The van der Waals surface area contributed by atoms with Crippen molar-refractivity contribution in [1.82, 2.24) is 20.4 Å². The average molecular weight is 449 g/mol. The monoisotopic (exact) mass is 448 g/mol. The fourth-order valence-electron chi connectivity index (χ4n) is 3.45. The number of hydrazine groups is 1. The third kappa shape index (κ3) is 4.73. The van der Waals surface area contributed by atoms with Gasteiger partial charge in [-0.1, -0.05) is 54.1 Å². The number of benzene rings is 3. The van der Waals surface area contributed by atoms with Gasteiger partial charge in [-0.2, -0.15) is 0 Å². The van der Waals surface area contributed by atoms with Crippen LogP contribution >= 0.6 is 11.6 Å². The fourth-order valence-corrected chi connectivity index (χ4v) is 3.62. The number of hydrogen-bond acceptors (Lipinski definition) is 4. The Bertz CT molecular complexity index is 1270. The molecule has 0 aliphatic rings. The van der Waals surface area contributed by atoms with Crippen LogP contribution in [0.4, 0.5) is 0 Å². The van der Waals surface area contributed by atoms with Gasteiger partial charge in [0.25, 0.3) is 11.8 Å². The first-order chi connectivity index (χ1) is 15.5. The molecule has 0 spiro atoms. The normalized spacial score (nSPS) is 10.7. The van der Waals surface area contributed by atoms with Crippen LogP contribution in [0, 0.1) is 0 Å². The molecule has 2 amide bonds. The second-order valence-corrected chi connectivity index (χ2v) is 7.55. The molecule has 4 aromatic rings. The van der Waals surface area contributed by atoms with Crippen LogP contribution in [0.15, 0.2) is 72.8 Å². The van der Waals surface area contributed by atoms with Crippen LogP contribution in [-0.2, 0) is 17.8 Å². The first-order valence-electron chi connectivity index (χ1n) is 9.96. The number of amides is 2. The fraction of sp³-hybridized carbons (Fsp3) is 0.125. The molecule has 2 N–H and O–H groups in total. The second-order valence-electron chi connectivity index (χ2n) is 7.11. The van der Waals surface area contributed by atoms with Crippen molar-refractivity contribution in [2.24, 2.45) is 0 Å². The molecule has 0 atom stereocenters. The lowest BCUT2D eigenvalue weighted by Gasteiger charge is -2.12. The summed E-state index contributed by atoms with van der Waals surface area (Å²) in [5.74, 6) is 0.191. The summed E-state index contributed by atoms with van der Waals surface area (Å²) >= 11 is 5.98. The lowest BCUT2D eigenvalue weighted by atomic mass is 10.1. The molecule has 0 fully saturated rings. The van der Waals surface area contributed by atoms with Gasteiger partial charge < -0.3 is 9.30 Å². The summed E-state index contributed by atoms with van der Waals surface area (Å²) in [7, 11) is 1.46. The highest BCUT2D eigenvalue weighted by Crippen LogP contribution is 2.22. The predicted molar refractivity (Wildman–Crippen MR) is 123 cm³/mol. The van der Waals surface area contributed by atoms with E-state index in [4.69, 9.17) is 21.3 Å². The van der Waals surface area contributed by atoms with Crippen molar-refractivity contribution < 1.29 is 14.3 Å². The number of rotatable bonds is 6. The molecule has 1 aromatic heterocycles. The third-order valence-electron chi connectivity index (χ3n) is 4.96. The Morgan fingerprint density at radius 3 is 2.53 bits per heavy atom. The zero-order valence-corrected chi connectivity index (χ0v) is 18.1. The number of fused-ring (bicyclic) bond motifs is 1. The molecule has 0 bridgehead atoms. The van der Waals surface area contributed by atoms with E-state index in [1.54, 1.807) is 12.1 Å². The Morgan fingerprint density at radius 2 is 1.75 bits per heavy atom. The third-order valence-corrected chi connectivity index (χ3v) is 5.20. The highest BCUT2D eigenvalue weighted by Gasteiger charge is 2.16. The molecule has 162 valence electrons. The summed E-state index contributed by atoms with van der Waals surface area (Å²) in [5.41, 5.74) is 7.84. The Morgan fingerprint density at radius 1 is 1.00 bits per heavy atom. The molecular formula is C24H21ClN4O3. The molecule has 0 saturated heterocycles. The van der Waals surface area contributed by atoms with Crippen molar-refractivity contribution in [1.29, 1.82) is 0 Å². The van der Waals surface area contributed by atoms with Gasteiger partial charge in [-0.05, 0) is 35.9 Å². The summed E-state index contributed by atoms with van der Waals surface area (Å²) in [5, 5.41) is 0.387. The van der Waals surface area contributed by atoms with E-state index in [1.165, 1.54) is 13.2 Å². The molecule has 7 nitrogen and oxygen atoms in total. The standard InChI is InChI=1S/C24H21ClN4O3/c1-32-21-12-11-17(25)14-18(21)24(31)28-27-23(30)15-29-20-10-6-5-9-19(20)26-22(29)13-16-7-3-2-4-8-16/h2-12,14H,13,15H2,1H3,(H,27,30)(H,28,31). The highest BCUT2D eigenvalue weighted by atomic mass is 35.5. The SMILES string of the molecule is COc1ccc(Cl)cc1C(=O)NNC(=O)Cn1c(Cc2ccccc2)nc2ccccc21. The van der Waals surface area contributed by atoms with E-state index in [1.807, 2.05) is 59.2 Å². The number of nitrogens with zero attached hydrogens (tertiary/aromatic N) is 2. The van der Waals surface area contributed by atoms with Gasteiger partial charge in [-0.25, -0.2) is 4.98 Å². The molecule has 0 aliphatic heterocycles. The molecule has 32 heavy (non-hydrogen) atoms. The number of methoxy groups -OCH3 is 1. The summed E-state index contributed by atoms with van der Waals surface area (Å²) in [4.78, 5) is 29.9. The molecule has 0 unspecified atom stereocenters. The molecule has 0 saturated carbocycles. The van der Waals surface area contributed by atoms with E-state index < -0.39 is 11.8 Å². The largest absolute Gasteiger partial charge is 0.496 e. The van der Waals surface area contributed by atoms with Gasteiger partial charge in [0.2, 0.25) is 0 Å². The smallest absolute Gasteiger partial charge is 0.273 e. The number of carbonyl (C=O) groups is 2. The van der Waals surface area contributed by atoms with Crippen LogP contribution in [0.5, 0.6) is 5.75 Å². The zero-order chi connectivity index (χ0) is 22.5. The topological polar surface area (TPSA) is 85.3 Å². The van der Waals surface area contributed by atoms with Crippen LogP contribution in [0.25, 0.3) is 11.0 Å². The van der Waals surface area contributed by atoms with Crippen molar-refractivity contribution in [2.45, 2.75) is 13.0 Å². The van der Waals surface area contributed by atoms with Crippen LogP contribution in [-0.4, -0.2) is 28.5 Å². The minimum absolute atomic E-state index is 0.00432. The van der Waals surface area contributed by atoms with Crippen molar-refractivity contribution >= 4 is 34.4 Å². The number of nitrogens with one attached hydrogen (secondary N) is 2. The number of ether oxygens (including phenoxy) is 1. The number of halogens is 1.